The Bertz CT molecular complexity index is 258. The lowest BCUT2D eigenvalue weighted by molar-refractivity contribution is -0.0462. The molecule has 2 nitrogen and oxygen atoms in total. The minimum Gasteiger partial charge on any atom is -0.372 e. The van der Waals surface area contributed by atoms with E-state index in [1.54, 1.807) is 0 Å². The first-order chi connectivity index (χ1) is 9.15. The van der Waals surface area contributed by atoms with Gasteiger partial charge in [0.2, 0.25) is 0 Å². The van der Waals surface area contributed by atoms with Gasteiger partial charge in [-0.2, -0.15) is 0 Å². The summed E-state index contributed by atoms with van der Waals surface area (Å²) in [4.78, 5) is 0. The predicted octanol–water partition coefficient (Wildman–Crippen LogP) is 4.14. The van der Waals surface area contributed by atoms with Crippen molar-refractivity contribution in [2.75, 3.05) is 13.1 Å². The monoisotopic (exact) mass is 267 g/mol. The molecule has 2 fully saturated rings. The molecule has 0 radical (unpaired) electrons. The van der Waals surface area contributed by atoms with Crippen LogP contribution in [0, 0.1) is 11.8 Å². The van der Waals surface area contributed by atoms with E-state index in [0.717, 1.165) is 18.4 Å². The average molecular weight is 267 g/mol. The van der Waals surface area contributed by atoms with E-state index in [1.807, 2.05) is 0 Å². The van der Waals surface area contributed by atoms with Gasteiger partial charge in [0.1, 0.15) is 0 Å². The van der Waals surface area contributed by atoms with Crippen LogP contribution in [0.2, 0.25) is 0 Å². The second kappa shape index (κ2) is 7.08. The Hall–Kier alpha value is -0.0800. The second-order valence-corrected chi connectivity index (χ2v) is 7.11. The lowest BCUT2D eigenvalue weighted by atomic mass is 9.89. The number of ether oxygens (including phenoxy) is 1. The Labute approximate surface area is 119 Å². The van der Waals surface area contributed by atoms with Gasteiger partial charge in [-0.15, -0.1) is 0 Å². The van der Waals surface area contributed by atoms with Crippen LogP contribution < -0.4 is 5.32 Å². The van der Waals surface area contributed by atoms with E-state index in [4.69, 9.17) is 4.74 Å². The van der Waals surface area contributed by atoms with E-state index in [-0.39, 0.29) is 0 Å². The fraction of sp³-hybridized carbons (Fsp3) is 1.00. The third-order valence-electron chi connectivity index (χ3n) is 5.20. The molecule has 112 valence electrons. The molecule has 1 aliphatic carbocycles. The molecule has 0 aromatic carbocycles. The van der Waals surface area contributed by atoms with Crippen molar-refractivity contribution in [1.29, 1.82) is 0 Å². The third-order valence-corrected chi connectivity index (χ3v) is 5.20. The smallest absolute Gasteiger partial charge is 0.0687 e. The van der Waals surface area contributed by atoms with Gasteiger partial charge in [-0.25, -0.2) is 0 Å². The predicted molar refractivity (Wildman–Crippen MR) is 81.4 cm³/mol. The molecule has 1 N–H and O–H groups in total. The molecular weight excluding hydrogens is 234 g/mol. The number of hydrogen-bond donors (Lipinski definition) is 1. The molecule has 0 aromatic rings. The number of nitrogens with one attached hydrogen (secondary N) is 1. The van der Waals surface area contributed by atoms with Gasteiger partial charge in [-0.3, -0.25) is 0 Å². The van der Waals surface area contributed by atoms with Crippen LogP contribution >= 0.6 is 0 Å². The van der Waals surface area contributed by atoms with E-state index < -0.39 is 0 Å². The van der Waals surface area contributed by atoms with Crippen molar-refractivity contribution in [2.24, 2.45) is 11.8 Å². The van der Waals surface area contributed by atoms with E-state index in [1.165, 1.54) is 57.9 Å². The van der Waals surface area contributed by atoms with E-state index in [0.29, 0.717) is 11.7 Å². The van der Waals surface area contributed by atoms with Crippen LogP contribution in [-0.4, -0.2) is 24.8 Å². The molecule has 0 bridgehead atoms. The molecule has 19 heavy (non-hydrogen) atoms. The van der Waals surface area contributed by atoms with Crippen molar-refractivity contribution in [3.05, 3.63) is 0 Å². The average Bonchev–Trinajstić information content (AvgIpc) is 2.99. The van der Waals surface area contributed by atoms with E-state index >= 15 is 0 Å². The van der Waals surface area contributed by atoms with Crippen molar-refractivity contribution in [3.63, 3.8) is 0 Å². The van der Waals surface area contributed by atoms with Crippen molar-refractivity contribution in [1.82, 2.24) is 5.32 Å². The number of rotatable bonds is 7. The van der Waals surface area contributed by atoms with Gasteiger partial charge >= 0.3 is 0 Å². The summed E-state index contributed by atoms with van der Waals surface area (Å²) in [5.41, 5.74) is 0.309. The zero-order chi connectivity index (χ0) is 13.7. The minimum atomic E-state index is 0.309. The highest BCUT2D eigenvalue weighted by Gasteiger charge is 2.42. The molecule has 1 spiro atoms. The van der Waals surface area contributed by atoms with Crippen molar-refractivity contribution in [3.8, 4) is 0 Å². The Morgan fingerprint density at radius 3 is 2.58 bits per heavy atom. The summed E-state index contributed by atoms with van der Waals surface area (Å²) >= 11 is 0. The fourth-order valence-corrected chi connectivity index (χ4v) is 3.84. The summed E-state index contributed by atoms with van der Waals surface area (Å²) in [5, 5.41) is 3.60. The molecular formula is C17H33NO. The Balaban J connectivity index is 1.77. The summed E-state index contributed by atoms with van der Waals surface area (Å²) in [6, 6.07) is 0. The van der Waals surface area contributed by atoms with Crippen LogP contribution in [0.4, 0.5) is 0 Å². The molecule has 1 saturated carbocycles. The van der Waals surface area contributed by atoms with Crippen LogP contribution in [0.3, 0.4) is 0 Å². The molecule has 0 aromatic heterocycles. The molecule has 0 amide bonds. The Morgan fingerprint density at radius 1 is 1.21 bits per heavy atom. The highest BCUT2D eigenvalue weighted by Crippen LogP contribution is 2.44. The summed E-state index contributed by atoms with van der Waals surface area (Å²) in [7, 11) is 0. The first-order valence-electron chi connectivity index (χ1n) is 8.54. The number of hydrogen-bond acceptors (Lipinski definition) is 2. The molecule has 2 unspecified atom stereocenters. The molecule has 2 rings (SSSR count). The zero-order valence-corrected chi connectivity index (χ0v) is 13.2. The van der Waals surface area contributed by atoms with E-state index in [2.05, 4.69) is 26.1 Å². The van der Waals surface area contributed by atoms with Crippen molar-refractivity contribution >= 4 is 0 Å². The van der Waals surface area contributed by atoms with Gasteiger partial charge in [0.25, 0.3) is 0 Å². The van der Waals surface area contributed by atoms with Gasteiger partial charge in [-0.1, -0.05) is 33.6 Å². The van der Waals surface area contributed by atoms with Crippen molar-refractivity contribution < 1.29 is 4.74 Å². The zero-order valence-electron chi connectivity index (χ0n) is 13.2. The normalized spacial score (nSPS) is 27.5. The first-order valence-corrected chi connectivity index (χ1v) is 8.54. The van der Waals surface area contributed by atoms with Gasteiger partial charge in [0.15, 0.2) is 0 Å². The summed E-state index contributed by atoms with van der Waals surface area (Å²) in [6.07, 6.45) is 11.1. The van der Waals surface area contributed by atoms with Gasteiger partial charge in [-0.05, 0) is 63.5 Å². The Kier molecular flexibility index (Phi) is 5.70. The quantitative estimate of drug-likeness (QED) is 0.700. The fourth-order valence-electron chi connectivity index (χ4n) is 3.84. The van der Waals surface area contributed by atoms with Gasteiger partial charge in [0, 0.05) is 0 Å². The highest BCUT2D eigenvalue weighted by atomic mass is 16.5. The lowest BCUT2D eigenvalue weighted by Gasteiger charge is -2.27. The van der Waals surface area contributed by atoms with Crippen LogP contribution in [0.1, 0.15) is 72.1 Å². The molecule has 1 aliphatic heterocycles. The summed E-state index contributed by atoms with van der Waals surface area (Å²) < 4.78 is 6.47. The standard InChI is InChI=1S/C17H33NO/c1-4-11-18-13-15(14(2)3)12-16-7-10-17(19-16)8-5-6-9-17/h14-16,18H,4-13H2,1-3H3. The molecule has 1 heterocycles. The second-order valence-electron chi connectivity index (χ2n) is 7.11. The molecule has 2 aliphatic rings. The van der Waals surface area contributed by atoms with Crippen LogP contribution in [-0.2, 0) is 4.74 Å². The van der Waals surface area contributed by atoms with Crippen LogP contribution in [0.15, 0.2) is 0 Å². The molecule has 2 atom stereocenters. The van der Waals surface area contributed by atoms with Gasteiger partial charge in [0.05, 0.1) is 11.7 Å². The maximum absolute atomic E-state index is 6.47. The molecule has 1 saturated heterocycles. The van der Waals surface area contributed by atoms with Crippen molar-refractivity contribution in [2.45, 2.75) is 83.8 Å². The first kappa shape index (κ1) is 15.3. The minimum absolute atomic E-state index is 0.309. The highest BCUT2D eigenvalue weighted by molar-refractivity contribution is 4.93. The topological polar surface area (TPSA) is 21.3 Å². The van der Waals surface area contributed by atoms with E-state index in [9.17, 15) is 0 Å². The SMILES string of the molecule is CCCNCC(CC1CCC2(CCCC2)O1)C(C)C. The lowest BCUT2D eigenvalue weighted by Crippen LogP contribution is -2.31. The van der Waals surface area contributed by atoms with Crippen LogP contribution in [0.5, 0.6) is 0 Å². The van der Waals surface area contributed by atoms with Gasteiger partial charge < -0.3 is 10.1 Å². The maximum atomic E-state index is 6.47. The maximum Gasteiger partial charge on any atom is 0.0687 e. The third kappa shape index (κ3) is 4.19. The molecule has 2 heteroatoms. The summed E-state index contributed by atoms with van der Waals surface area (Å²) in [5.74, 6) is 1.53. The Morgan fingerprint density at radius 2 is 1.95 bits per heavy atom. The van der Waals surface area contributed by atoms with Crippen LogP contribution in [0.25, 0.3) is 0 Å². The summed E-state index contributed by atoms with van der Waals surface area (Å²) in [6.45, 7) is 9.27. The largest absolute Gasteiger partial charge is 0.372 e.